The van der Waals surface area contributed by atoms with Crippen LogP contribution in [0.1, 0.15) is 72.0 Å². The monoisotopic (exact) mass is 554 g/mol. The van der Waals surface area contributed by atoms with Gasteiger partial charge in [-0.05, 0) is 48.6 Å². The van der Waals surface area contributed by atoms with Gasteiger partial charge in [0.05, 0.1) is 52.7 Å². The Balaban J connectivity index is 1.42. The predicted molar refractivity (Wildman–Crippen MR) is 146 cm³/mol. The van der Waals surface area contributed by atoms with E-state index < -0.39 is 5.82 Å². The fourth-order valence-electron chi connectivity index (χ4n) is 6.03. The molecule has 3 aliphatic heterocycles. The first-order chi connectivity index (χ1) is 19.8. The summed E-state index contributed by atoms with van der Waals surface area (Å²) in [7, 11) is 0. The standard InChI is InChI=1S/C30H27FN6O4/c1-15(2)27-25(29-35-34-16(3)41-29)24(26-28(33-27)21-5-4-10-36(21)30(26)39)17-6-9-20-22(11-17)40-14-23(38)37(20)13-19-8-7-18(31)12-32-19/h6-9,11-12,15,21H,4-5,10,13-14H2,1-3H3. The van der Waals surface area contributed by atoms with Crippen molar-refractivity contribution in [2.24, 2.45) is 0 Å². The first kappa shape index (κ1) is 25.3. The minimum atomic E-state index is -0.444. The zero-order chi connectivity index (χ0) is 28.4. The highest BCUT2D eigenvalue weighted by atomic mass is 19.1. The highest BCUT2D eigenvalue weighted by Gasteiger charge is 2.45. The third kappa shape index (κ3) is 4.06. The molecular weight excluding hydrogens is 527 g/mol. The molecule has 41 heavy (non-hydrogen) atoms. The SMILES string of the molecule is Cc1nnc(-c2c(C(C)C)nc3c(c2-c2ccc4c(c2)OCC(=O)N4Cc2ccc(F)cn2)C(=O)N2CCCC32)o1. The normalized spacial score (nSPS) is 17.6. The summed E-state index contributed by atoms with van der Waals surface area (Å²) in [5, 5.41) is 8.39. The predicted octanol–water partition coefficient (Wildman–Crippen LogP) is 4.98. The fraction of sp³-hybridized carbons (Fsp3) is 0.333. The van der Waals surface area contributed by atoms with Crippen LogP contribution in [0.4, 0.5) is 10.1 Å². The lowest BCUT2D eigenvalue weighted by molar-refractivity contribution is -0.121. The Hall–Kier alpha value is -4.67. The summed E-state index contributed by atoms with van der Waals surface area (Å²) in [6, 6.07) is 8.33. The number of nitrogens with zero attached hydrogens (tertiary/aromatic N) is 6. The van der Waals surface area contributed by atoms with Crippen molar-refractivity contribution in [3.05, 3.63) is 70.9 Å². The van der Waals surface area contributed by atoms with Crippen molar-refractivity contribution in [3.8, 4) is 28.3 Å². The van der Waals surface area contributed by atoms with Gasteiger partial charge in [0.2, 0.25) is 11.8 Å². The zero-order valence-electron chi connectivity index (χ0n) is 22.8. The van der Waals surface area contributed by atoms with Crippen LogP contribution in [0.25, 0.3) is 22.6 Å². The number of fused-ring (bicyclic) bond motifs is 4. The average Bonchev–Trinajstić information content (AvgIpc) is 3.68. The minimum Gasteiger partial charge on any atom is -0.482 e. The van der Waals surface area contributed by atoms with E-state index in [0.717, 1.165) is 36.0 Å². The van der Waals surface area contributed by atoms with Crippen LogP contribution in [0.15, 0.2) is 40.9 Å². The van der Waals surface area contributed by atoms with E-state index in [2.05, 4.69) is 29.0 Å². The molecule has 3 aromatic heterocycles. The van der Waals surface area contributed by atoms with Crippen LogP contribution < -0.4 is 9.64 Å². The second kappa shape index (κ2) is 9.46. The number of pyridine rings is 2. The molecule has 7 rings (SSSR count). The van der Waals surface area contributed by atoms with Gasteiger partial charge in [-0.3, -0.25) is 24.5 Å². The molecule has 0 aliphatic carbocycles. The highest BCUT2D eigenvalue weighted by Crippen LogP contribution is 2.50. The molecule has 208 valence electrons. The molecular formula is C30H27FN6O4. The van der Waals surface area contributed by atoms with Gasteiger partial charge in [0.25, 0.3) is 11.8 Å². The summed E-state index contributed by atoms with van der Waals surface area (Å²) in [5.41, 5.74) is 5.25. The molecule has 0 radical (unpaired) electrons. The van der Waals surface area contributed by atoms with E-state index in [0.29, 0.717) is 52.1 Å². The van der Waals surface area contributed by atoms with Crippen molar-refractivity contribution in [1.82, 2.24) is 25.1 Å². The number of aromatic nitrogens is 4. The molecule has 0 saturated carbocycles. The van der Waals surface area contributed by atoms with E-state index in [4.69, 9.17) is 14.1 Å². The molecule has 1 saturated heterocycles. The van der Waals surface area contributed by atoms with Crippen LogP contribution in [-0.2, 0) is 11.3 Å². The van der Waals surface area contributed by atoms with Crippen LogP contribution in [0, 0.1) is 12.7 Å². The molecule has 1 fully saturated rings. The number of amides is 2. The number of carbonyl (C=O) groups is 2. The number of ether oxygens (including phenoxy) is 1. The second-order valence-electron chi connectivity index (χ2n) is 10.9. The Labute approximate surface area is 235 Å². The molecule has 1 aromatic carbocycles. The number of hydrogen-bond acceptors (Lipinski definition) is 8. The van der Waals surface area contributed by atoms with E-state index in [-0.39, 0.29) is 36.9 Å². The molecule has 11 heteroatoms. The van der Waals surface area contributed by atoms with Crippen LogP contribution in [0.5, 0.6) is 5.75 Å². The van der Waals surface area contributed by atoms with Gasteiger partial charge in [0.1, 0.15) is 11.6 Å². The van der Waals surface area contributed by atoms with Gasteiger partial charge in [-0.1, -0.05) is 19.9 Å². The maximum Gasteiger partial charge on any atom is 0.265 e. The molecule has 0 spiro atoms. The molecule has 0 N–H and O–H groups in total. The van der Waals surface area contributed by atoms with E-state index in [1.54, 1.807) is 24.0 Å². The molecule has 1 unspecified atom stereocenters. The van der Waals surface area contributed by atoms with Crippen LogP contribution in [-0.4, -0.2) is 50.0 Å². The molecule has 4 aromatic rings. The Morgan fingerprint density at radius 2 is 1.95 bits per heavy atom. The molecule has 10 nitrogen and oxygen atoms in total. The lowest BCUT2D eigenvalue weighted by atomic mass is 9.88. The summed E-state index contributed by atoms with van der Waals surface area (Å²) in [6.07, 6.45) is 2.93. The molecule has 0 bridgehead atoms. The van der Waals surface area contributed by atoms with Gasteiger partial charge in [-0.2, -0.15) is 0 Å². The smallest absolute Gasteiger partial charge is 0.265 e. The third-order valence-electron chi connectivity index (χ3n) is 7.88. The average molecular weight is 555 g/mol. The van der Waals surface area contributed by atoms with E-state index in [9.17, 15) is 14.0 Å². The highest BCUT2D eigenvalue weighted by molar-refractivity contribution is 6.08. The largest absolute Gasteiger partial charge is 0.482 e. The van der Waals surface area contributed by atoms with Gasteiger partial charge < -0.3 is 14.1 Å². The lowest BCUT2D eigenvalue weighted by Crippen LogP contribution is -2.38. The summed E-state index contributed by atoms with van der Waals surface area (Å²) in [5.74, 6) is 0.466. The second-order valence-corrected chi connectivity index (χ2v) is 10.9. The Bertz CT molecular complexity index is 1720. The van der Waals surface area contributed by atoms with Crippen molar-refractivity contribution in [3.63, 3.8) is 0 Å². The van der Waals surface area contributed by atoms with E-state index in [1.165, 1.54) is 6.07 Å². The van der Waals surface area contributed by atoms with Gasteiger partial charge in [-0.25, -0.2) is 4.39 Å². The summed E-state index contributed by atoms with van der Waals surface area (Å²) in [4.78, 5) is 39.4. The third-order valence-corrected chi connectivity index (χ3v) is 7.88. The van der Waals surface area contributed by atoms with E-state index in [1.807, 2.05) is 17.0 Å². The maximum atomic E-state index is 13.9. The topological polar surface area (TPSA) is 115 Å². The maximum absolute atomic E-state index is 13.9. The van der Waals surface area contributed by atoms with Crippen LogP contribution in [0.2, 0.25) is 0 Å². The van der Waals surface area contributed by atoms with Crippen molar-refractivity contribution in [1.29, 1.82) is 0 Å². The number of anilines is 1. The first-order valence-corrected chi connectivity index (χ1v) is 13.7. The summed E-state index contributed by atoms with van der Waals surface area (Å²) >= 11 is 0. The van der Waals surface area contributed by atoms with Crippen molar-refractivity contribution < 1.29 is 23.1 Å². The number of aryl methyl sites for hydroxylation is 1. The number of benzene rings is 1. The Kier molecular flexibility index (Phi) is 5.84. The number of hydrogen-bond donors (Lipinski definition) is 0. The molecule has 6 heterocycles. The van der Waals surface area contributed by atoms with Crippen LogP contribution in [0.3, 0.4) is 0 Å². The molecule has 2 amide bonds. The quantitative estimate of drug-likeness (QED) is 0.339. The number of carbonyl (C=O) groups excluding carboxylic acids is 2. The molecule has 1 atom stereocenters. The Morgan fingerprint density at radius 1 is 1.10 bits per heavy atom. The van der Waals surface area contributed by atoms with Gasteiger partial charge in [0, 0.05) is 19.0 Å². The van der Waals surface area contributed by atoms with Crippen molar-refractivity contribution in [2.45, 2.75) is 52.1 Å². The first-order valence-electron chi connectivity index (χ1n) is 13.7. The number of halogens is 1. The van der Waals surface area contributed by atoms with E-state index >= 15 is 0 Å². The number of rotatable bonds is 5. The zero-order valence-corrected chi connectivity index (χ0v) is 22.8. The Morgan fingerprint density at radius 3 is 2.68 bits per heavy atom. The van der Waals surface area contributed by atoms with Crippen LogP contribution >= 0.6 is 0 Å². The minimum absolute atomic E-state index is 0.0111. The summed E-state index contributed by atoms with van der Waals surface area (Å²) < 4.78 is 25.2. The lowest BCUT2D eigenvalue weighted by Gasteiger charge is -2.30. The van der Waals surface area contributed by atoms with Crippen molar-refractivity contribution in [2.75, 3.05) is 18.1 Å². The van der Waals surface area contributed by atoms with Gasteiger partial charge in [0.15, 0.2) is 6.61 Å². The molecule has 3 aliphatic rings. The summed E-state index contributed by atoms with van der Waals surface area (Å²) in [6.45, 7) is 6.52. The fourth-order valence-corrected chi connectivity index (χ4v) is 6.03. The van der Waals surface area contributed by atoms with Gasteiger partial charge >= 0.3 is 0 Å². The van der Waals surface area contributed by atoms with Gasteiger partial charge in [-0.15, -0.1) is 10.2 Å². The van der Waals surface area contributed by atoms with Crippen molar-refractivity contribution >= 4 is 17.5 Å².